The molecule has 0 aliphatic heterocycles. The number of amides is 2. The first-order chi connectivity index (χ1) is 10.1. The van der Waals surface area contributed by atoms with Gasteiger partial charge in [0.15, 0.2) is 0 Å². The standard InChI is InChI=1S/C13H16N2O6/c1-14-12(17)20-8-7-19-11(16)9-3-5-10(6-4-9)21-13(18)15-2/h3-6H,7-8H2,1-2H3,(H,14,17)(H,15,18). The Morgan fingerprint density at radius 1 is 0.905 bits per heavy atom. The maximum Gasteiger partial charge on any atom is 0.412 e. The summed E-state index contributed by atoms with van der Waals surface area (Å²) in [4.78, 5) is 33.4. The second-order valence-corrected chi connectivity index (χ2v) is 3.69. The number of carbonyl (C=O) groups excluding carboxylic acids is 3. The van der Waals surface area contributed by atoms with E-state index in [2.05, 4.69) is 15.4 Å². The van der Waals surface area contributed by atoms with Crippen molar-refractivity contribution in [3.63, 3.8) is 0 Å². The number of esters is 1. The van der Waals surface area contributed by atoms with E-state index < -0.39 is 18.2 Å². The van der Waals surface area contributed by atoms with Gasteiger partial charge in [0.1, 0.15) is 19.0 Å². The molecule has 8 nitrogen and oxygen atoms in total. The largest absolute Gasteiger partial charge is 0.458 e. The number of alkyl carbamates (subject to hydrolysis) is 1. The van der Waals surface area contributed by atoms with E-state index in [-0.39, 0.29) is 13.2 Å². The van der Waals surface area contributed by atoms with Gasteiger partial charge < -0.3 is 24.8 Å². The summed E-state index contributed by atoms with van der Waals surface area (Å²) < 4.78 is 14.4. The molecule has 0 heterocycles. The SMILES string of the molecule is CNC(=O)OCCOC(=O)c1ccc(OC(=O)NC)cc1. The van der Waals surface area contributed by atoms with E-state index in [4.69, 9.17) is 9.47 Å². The first kappa shape index (κ1) is 16.3. The molecule has 0 saturated heterocycles. The van der Waals surface area contributed by atoms with Gasteiger partial charge in [0.25, 0.3) is 0 Å². The fraction of sp³-hybridized carbons (Fsp3) is 0.308. The quantitative estimate of drug-likeness (QED) is 0.618. The van der Waals surface area contributed by atoms with Gasteiger partial charge in [0, 0.05) is 14.1 Å². The third-order valence-corrected chi connectivity index (χ3v) is 2.26. The number of hydrogen-bond acceptors (Lipinski definition) is 6. The van der Waals surface area contributed by atoms with Crippen LogP contribution in [-0.4, -0.2) is 45.5 Å². The normalized spacial score (nSPS) is 9.43. The zero-order valence-electron chi connectivity index (χ0n) is 11.7. The van der Waals surface area contributed by atoms with Crippen LogP contribution < -0.4 is 15.4 Å². The van der Waals surface area contributed by atoms with Crippen LogP contribution in [0, 0.1) is 0 Å². The summed E-state index contributed by atoms with van der Waals surface area (Å²) in [5, 5.41) is 4.56. The average molecular weight is 296 g/mol. The second kappa shape index (κ2) is 8.41. The van der Waals surface area contributed by atoms with Crippen molar-refractivity contribution >= 4 is 18.2 Å². The Morgan fingerprint density at radius 2 is 1.48 bits per heavy atom. The molecule has 1 aromatic carbocycles. The Bertz CT molecular complexity index is 500. The lowest BCUT2D eigenvalue weighted by atomic mass is 10.2. The zero-order valence-corrected chi connectivity index (χ0v) is 11.7. The van der Waals surface area contributed by atoms with Crippen LogP contribution in [-0.2, 0) is 9.47 Å². The monoisotopic (exact) mass is 296 g/mol. The molecule has 0 atom stereocenters. The Labute approximate surface area is 121 Å². The number of carbonyl (C=O) groups is 3. The van der Waals surface area contributed by atoms with Crippen molar-refractivity contribution < 1.29 is 28.6 Å². The molecule has 0 aliphatic rings. The van der Waals surface area contributed by atoms with Gasteiger partial charge >= 0.3 is 18.2 Å². The van der Waals surface area contributed by atoms with Crippen LogP contribution >= 0.6 is 0 Å². The molecule has 21 heavy (non-hydrogen) atoms. The highest BCUT2D eigenvalue weighted by Crippen LogP contribution is 2.13. The molecule has 0 aliphatic carbocycles. The van der Waals surface area contributed by atoms with E-state index in [9.17, 15) is 14.4 Å². The maximum absolute atomic E-state index is 11.7. The smallest absolute Gasteiger partial charge is 0.412 e. The van der Waals surface area contributed by atoms with Crippen LogP contribution in [0.2, 0.25) is 0 Å². The van der Waals surface area contributed by atoms with Crippen molar-refractivity contribution in [3.8, 4) is 5.75 Å². The van der Waals surface area contributed by atoms with E-state index >= 15 is 0 Å². The maximum atomic E-state index is 11.7. The highest BCUT2D eigenvalue weighted by molar-refractivity contribution is 5.89. The molecular weight excluding hydrogens is 280 g/mol. The third-order valence-electron chi connectivity index (χ3n) is 2.26. The highest BCUT2D eigenvalue weighted by Gasteiger charge is 2.08. The van der Waals surface area contributed by atoms with Crippen molar-refractivity contribution in [2.75, 3.05) is 27.3 Å². The van der Waals surface area contributed by atoms with Gasteiger partial charge in [-0.1, -0.05) is 0 Å². The lowest BCUT2D eigenvalue weighted by Gasteiger charge is -2.07. The molecule has 0 radical (unpaired) electrons. The predicted octanol–water partition coefficient (Wildman–Crippen LogP) is 0.918. The molecule has 0 unspecified atom stereocenters. The number of benzene rings is 1. The van der Waals surface area contributed by atoms with E-state index in [1.165, 1.54) is 38.4 Å². The molecule has 0 saturated carbocycles. The number of hydrogen-bond donors (Lipinski definition) is 2. The van der Waals surface area contributed by atoms with Gasteiger partial charge in [-0.15, -0.1) is 0 Å². The molecule has 1 aromatic rings. The Hall–Kier alpha value is -2.77. The topological polar surface area (TPSA) is 103 Å². The van der Waals surface area contributed by atoms with E-state index in [1.807, 2.05) is 0 Å². The van der Waals surface area contributed by atoms with Crippen molar-refractivity contribution in [1.82, 2.24) is 10.6 Å². The van der Waals surface area contributed by atoms with Crippen molar-refractivity contribution in [1.29, 1.82) is 0 Å². The van der Waals surface area contributed by atoms with Crippen molar-refractivity contribution in [2.45, 2.75) is 0 Å². The highest BCUT2D eigenvalue weighted by atomic mass is 16.6. The van der Waals surface area contributed by atoms with Gasteiger partial charge in [-0.25, -0.2) is 14.4 Å². The molecular formula is C13H16N2O6. The average Bonchev–Trinajstić information content (AvgIpc) is 2.51. The minimum Gasteiger partial charge on any atom is -0.458 e. The molecule has 0 spiro atoms. The lowest BCUT2D eigenvalue weighted by Crippen LogP contribution is -2.22. The number of rotatable bonds is 5. The fourth-order valence-electron chi connectivity index (χ4n) is 1.24. The Balaban J connectivity index is 2.41. The van der Waals surface area contributed by atoms with E-state index in [1.54, 1.807) is 0 Å². The summed E-state index contributed by atoms with van der Waals surface area (Å²) in [5.41, 5.74) is 0.291. The minimum absolute atomic E-state index is 0.0384. The molecule has 2 N–H and O–H groups in total. The molecule has 1 rings (SSSR count). The van der Waals surface area contributed by atoms with Crippen LogP contribution in [0.5, 0.6) is 5.75 Å². The van der Waals surface area contributed by atoms with Gasteiger partial charge in [-0.3, -0.25) is 0 Å². The molecule has 114 valence electrons. The van der Waals surface area contributed by atoms with Crippen molar-refractivity contribution in [2.24, 2.45) is 0 Å². The summed E-state index contributed by atoms with van der Waals surface area (Å²) in [7, 11) is 2.87. The molecule has 2 amide bonds. The third kappa shape index (κ3) is 5.81. The lowest BCUT2D eigenvalue weighted by molar-refractivity contribution is 0.0402. The van der Waals surface area contributed by atoms with Gasteiger partial charge in [-0.2, -0.15) is 0 Å². The van der Waals surface area contributed by atoms with Crippen LogP contribution in [0.25, 0.3) is 0 Å². The van der Waals surface area contributed by atoms with Gasteiger partial charge in [-0.05, 0) is 24.3 Å². The van der Waals surface area contributed by atoms with Crippen LogP contribution in [0.4, 0.5) is 9.59 Å². The first-order valence-electron chi connectivity index (χ1n) is 6.08. The van der Waals surface area contributed by atoms with E-state index in [0.717, 1.165) is 0 Å². The molecule has 0 aromatic heterocycles. The molecule has 0 fully saturated rings. The van der Waals surface area contributed by atoms with Gasteiger partial charge in [0.2, 0.25) is 0 Å². The van der Waals surface area contributed by atoms with Crippen molar-refractivity contribution in [3.05, 3.63) is 29.8 Å². The predicted molar refractivity (Wildman–Crippen MR) is 72.2 cm³/mol. The summed E-state index contributed by atoms with van der Waals surface area (Å²) in [6.45, 7) is -0.0912. The zero-order chi connectivity index (χ0) is 15.7. The van der Waals surface area contributed by atoms with Crippen LogP contribution in [0.3, 0.4) is 0 Å². The summed E-state index contributed by atoms with van der Waals surface area (Å²) in [6.07, 6.45) is -1.20. The summed E-state index contributed by atoms with van der Waals surface area (Å²) >= 11 is 0. The Morgan fingerprint density at radius 3 is 2.05 bits per heavy atom. The summed E-state index contributed by atoms with van der Waals surface area (Å²) in [6, 6.07) is 5.85. The first-order valence-corrected chi connectivity index (χ1v) is 6.08. The molecule has 0 bridgehead atoms. The van der Waals surface area contributed by atoms with Crippen LogP contribution in [0.1, 0.15) is 10.4 Å². The fourth-order valence-corrected chi connectivity index (χ4v) is 1.24. The van der Waals surface area contributed by atoms with Crippen LogP contribution in [0.15, 0.2) is 24.3 Å². The Kier molecular flexibility index (Phi) is 6.52. The number of ether oxygens (including phenoxy) is 3. The minimum atomic E-state index is -0.600. The second-order valence-electron chi connectivity index (χ2n) is 3.69. The number of nitrogens with one attached hydrogen (secondary N) is 2. The van der Waals surface area contributed by atoms with E-state index in [0.29, 0.717) is 11.3 Å². The summed E-state index contributed by atoms with van der Waals surface area (Å²) in [5.74, 6) is -0.268. The van der Waals surface area contributed by atoms with Gasteiger partial charge in [0.05, 0.1) is 5.56 Å². The molecule has 8 heteroatoms.